The number of carbonyl (C=O) groups is 1. The molecule has 3 N–H and O–H groups in total. The van der Waals surface area contributed by atoms with E-state index in [1.54, 1.807) is 31.2 Å². The fourth-order valence-electron chi connectivity index (χ4n) is 2.37. The monoisotopic (exact) mass is 299 g/mol. The molecule has 2 heterocycles. The minimum atomic E-state index is -1.25. The lowest BCUT2D eigenvalue weighted by atomic mass is 10.1. The molecule has 0 radical (unpaired) electrons. The number of nitrogens with one attached hydrogen (secondary N) is 1. The zero-order valence-electron chi connectivity index (χ0n) is 11.7. The van der Waals surface area contributed by atoms with E-state index < -0.39 is 11.5 Å². The summed E-state index contributed by atoms with van der Waals surface area (Å²) < 4.78 is 1.27. The van der Waals surface area contributed by atoms with Crippen molar-refractivity contribution < 1.29 is 15.0 Å². The maximum absolute atomic E-state index is 12.3. The second kappa shape index (κ2) is 5.12. The number of hydrogen-bond donors (Lipinski definition) is 3. The van der Waals surface area contributed by atoms with E-state index in [1.165, 1.54) is 10.8 Å². The van der Waals surface area contributed by atoms with Gasteiger partial charge in [0, 0.05) is 6.20 Å². The number of aliphatic hydroxyl groups is 1. The molecule has 0 atom stereocenters. The summed E-state index contributed by atoms with van der Waals surface area (Å²) in [6.07, 6.45) is 1.54. The zero-order chi connectivity index (χ0) is 15.9. The summed E-state index contributed by atoms with van der Waals surface area (Å²) in [6.45, 7) is 1.37. The van der Waals surface area contributed by atoms with Crippen molar-refractivity contribution >= 4 is 17.0 Å². The largest absolute Gasteiger partial charge is 0.477 e. The lowest BCUT2D eigenvalue weighted by Gasteiger charge is -2.08. The molecule has 0 bridgehead atoms. The molecule has 0 spiro atoms. The van der Waals surface area contributed by atoms with E-state index in [4.69, 9.17) is 10.2 Å². The van der Waals surface area contributed by atoms with Crippen molar-refractivity contribution in [1.82, 2.24) is 14.5 Å². The molecule has 0 amide bonds. The van der Waals surface area contributed by atoms with Gasteiger partial charge in [-0.3, -0.25) is 9.36 Å². The average molecular weight is 299 g/mol. The molecule has 7 nitrogen and oxygen atoms in total. The van der Waals surface area contributed by atoms with Crippen molar-refractivity contribution in [2.45, 2.75) is 13.5 Å². The van der Waals surface area contributed by atoms with Gasteiger partial charge in [-0.15, -0.1) is 0 Å². The van der Waals surface area contributed by atoms with Crippen LogP contribution in [-0.2, 0) is 6.61 Å². The fourth-order valence-corrected chi connectivity index (χ4v) is 2.37. The van der Waals surface area contributed by atoms with Gasteiger partial charge in [-0.2, -0.15) is 0 Å². The topological polar surface area (TPSA) is 108 Å². The Labute approximate surface area is 124 Å². The first kappa shape index (κ1) is 14.0. The van der Waals surface area contributed by atoms with Gasteiger partial charge in [-0.1, -0.05) is 0 Å². The predicted octanol–water partition coefficient (Wildman–Crippen LogP) is 1.21. The normalized spacial score (nSPS) is 11.0. The maximum atomic E-state index is 12.3. The second-order valence-corrected chi connectivity index (χ2v) is 4.90. The molecule has 0 saturated heterocycles. The SMILES string of the molecule is Cc1ccn(-c2ccc3nc(CO)[nH]c3c2)c(=O)c1C(=O)O. The number of aromatic nitrogens is 3. The van der Waals surface area contributed by atoms with Crippen molar-refractivity contribution in [2.24, 2.45) is 0 Å². The summed E-state index contributed by atoms with van der Waals surface area (Å²) in [5.41, 5.74) is 1.42. The van der Waals surface area contributed by atoms with Crippen molar-refractivity contribution in [3.63, 3.8) is 0 Å². The minimum Gasteiger partial charge on any atom is -0.477 e. The Balaban J connectivity index is 2.21. The van der Waals surface area contributed by atoms with Crippen molar-refractivity contribution in [3.05, 3.63) is 57.8 Å². The number of aryl methyl sites for hydroxylation is 1. The molecule has 112 valence electrons. The van der Waals surface area contributed by atoms with Crippen LogP contribution in [0.25, 0.3) is 16.7 Å². The number of rotatable bonds is 3. The number of pyridine rings is 1. The van der Waals surface area contributed by atoms with Crippen LogP contribution >= 0.6 is 0 Å². The van der Waals surface area contributed by atoms with E-state index in [0.29, 0.717) is 28.1 Å². The molecule has 0 aliphatic heterocycles. The lowest BCUT2D eigenvalue weighted by molar-refractivity contribution is 0.0693. The van der Waals surface area contributed by atoms with Gasteiger partial charge in [0.05, 0.1) is 16.7 Å². The van der Waals surface area contributed by atoms with E-state index in [1.807, 2.05) is 0 Å². The highest BCUT2D eigenvalue weighted by atomic mass is 16.4. The Hall–Kier alpha value is -2.93. The fraction of sp³-hybridized carbons (Fsp3) is 0.133. The molecular weight excluding hydrogens is 286 g/mol. The number of nitrogens with zero attached hydrogens (tertiary/aromatic N) is 2. The highest BCUT2D eigenvalue weighted by Gasteiger charge is 2.15. The van der Waals surface area contributed by atoms with E-state index in [0.717, 1.165) is 0 Å². The first-order valence-corrected chi connectivity index (χ1v) is 6.56. The molecule has 22 heavy (non-hydrogen) atoms. The number of hydrogen-bond acceptors (Lipinski definition) is 4. The Morgan fingerprint density at radius 2 is 2.14 bits per heavy atom. The van der Waals surface area contributed by atoms with E-state index >= 15 is 0 Å². The third-order valence-electron chi connectivity index (χ3n) is 3.46. The number of fused-ring (bicyclic) bond motifs is 1. The van der Waals surface area contributed by atoms with Crippen LogP contribution in [0.3, 0.4) is 0 Å². The third-order valence-corrected chi connectivity index (χ3v) is 3.46. The summed E-state index contributed by atoms with van der Waals surface area (Å²) >= 11 is 0. The van der Waals surface area contributed by atoms with Crippen LogP contribution in [-0.4, -0.2) is 30.7 Å². The van der Waals surface area contributed by atoms with Crippen LogP contribution in [0, 0.1) is 6.92 Å². The maximum Gasteiger partial charge on any atom is 0.341 e. The van der Waals surface area contributed by atoms with Gasteiger partial charge in [-0.25, -0.2) is 9.78 Å². The number of H-pyrrole nitrogens is 1. The summed E-state index contributed by atoms with van der Waals surface area (Å²) in [6, 6.07) is 6.64. The lowest BCUT2D eigenvalue weighted by Crippen LogP contribution is -2.26. The molecule has 3 aromatic rings. The smallest absolute Gasteiger partial charge is 0.341 e. The van der Waals surface area contributed by atoms with Gasteiger partial charge in [0.25, 0.3) is 5.56 Å². The van der Waals surface area contributed by atoms with Gasteiger partial charge >= 0.3 is 5.97 Å². The van der Waals surface area contributed by atoms with E-state index in [9.17, 15) is 9.59 Å². The number of carboxylic acids is 1. The summed E-state index contributed by atoms with van der Waals surface area (Å²) in [7, 11) is 0. The Morgan fingerprint density at radius 1 is 1.36 bits per heavy atom. The Kier molecular flexibility index (Phi) is 3.26. The number of aromatic amines is 1. The Bertz CT molecular complexity index is 940. The summed E-state index contributed by atoms with van der Waals surface area (Å²) in [5.74, 6) is -0.823. The Morgan fingerprint density at radius 3 is 2.82 bits per heavy atom. The van der Waals surface area contributed by atoms with Gasteiger partial charge < -0.3 is 15.2 Å². The zero-order valence-corrected chi connectivity index (χ0v) is 11.7. The summed E-state index contributed by atoms with van der Waals surface area (Å²) in [4.78, 5) is 30.7. The van der Waals surface area contributed by atoms with Crippen LogP contribution in [0.4, 0.5) is 0 Å². The molecule has 0 saturated carbocycles. The molecular formula is C15H13N3O4. The number of benzene rings is 1. The van der Waals surface area contributed by atoms with Crippen molar-refractivity contribution in [1.29, 1.82) is 0 Å². The van der Waals surface area contributed by atoms with Gasteiger partial charge in [0.15, 0.2) is 0 Å². The molecule has 0 aliphatic carbocycles. The third kappa shape index (κ3) is 2.17. The van der Waals surface area contributed by atoms with Crippen LogP contribution in [0.15, 0.2) is 35.3 Å². The standard InChI is InChI=1S/C15H13N3O4/c1-8-4-5-18(14(20)13(8)15(21)22)9-2-3-10-11(6-9)17-12(7-19)16-10/h2-6,19H,7H2,1H3,(H,16,17)(H,21,22). The van der Waals surface area contributed by atoms with Crippen molar-refractivity contribution in [2.75, 3.05) is 0 Å². The van der Waals surface area contributed by atoms with E-state index in [-0.39, 0.29) is 12.2 Å². The predicted molar refractivity (Wildman–Crippen MR) is 79.3 cm³/mol. The minimum absolute atomic E-state index is 0.211. The second-order valence-electron chi connectivity index (χ2n) is 4.90. The summed E-state index contributed by atoms with van der Waals surface area (Å²) in [5, 5.41) is 18.3. The molecule has 3 rings (SSSR count). The number of carboxylic acid groups (broad SMARTS) is 1. The average Bonchev–Trinajstić information content (AvgIpc) is 2.89. The molecule has 7 heteroatoms. The van der Waals surface area contributed by atoms with Crippen LogP contribution in [0.2, 0.25) is 0 Å². The number of aliphatic hydroxyl groups excluding tert-OH is 1. The van der Waals surface area contributed by atoms with Gasteiger partial charge in [0.1, 0.15) is 18.0 Å². The molecule has 0 aliphatic rings. The van der Waals surface area contributed by atoms with Gasteiger partial charge in [-0.05, 0) is 36.8 Å². The van der Waals surface area contributed by atoms with Crippen LogP contribution < -0.4 is 5.56 Å². The first-order chi connectivity index (χ1) is 10.5. The number of aromatic carboxylic acids is 1. The molecule has 2 aromatic heterocycles. The molecule has 1 aromatic carbocycles. The van der Waals surface area contributed by atoms with Crippen molar-refractivity contribution in [3.8, 4) is 5.69 Å². The quantitative estimate of drug-likeness (QED) is 0.673. The number of imidazole rings is 1. The molecule has 0 unspecified atom stereocenters. The van der Waals surface area contributed by atoms with E-state index in [2.05, 4.69) is 9.97 Å². The highest BCUT2D eigenvalue weighted by molar-refractivity contribution is 5.89. The van der Waals surface area contributed by atoms with Crippen LogP contribution in [0.1, 0.15) is 21.7 Å². The van der Waals surface area contributed by atoms with Crippen LogP contribution in [0.5, 0.6) is 0 Å². The highest BCUT2D eigenvalue weighted by Crippen LogP contribution is 2.16. The molecule has 0 fully saturated rings. The first-order valence-electron chi connectivity index (χ1n) is 6.56. The van der Waals surface area contributed by atoms with Gasteiger partial charge in [0.2, 0.25) is 0 Å².